The van der Waals surface area contributed by atoms with Gasteiger partial charge in [0.2, 0.25) is 0 Å². The number of benzene rings is 1. The van der Waals surface area contributed by atoms with Crippen LogP contribution in [0.4, 0.5) is 5.69 Å². The van der Waals surface area contributed by atoms with E-state index in [1.54, 1.807) is 6.92 Å². The van der Waals surface area contributed by atoms with E-state index < -0.39 is 9.84 Å². The second-order valence-corrected chi connectivity index (χ2v) is 10.0. The number of anilines is 1. The summed E-state index contributed by atoms with van der Waals surface area (Å²) in [5.74, 6) is 2.08. The average Bonchev–Trinajstić information content (AvgIpc) is 2.65. The molecule has 1 aromatic rings. The summed E-state index contributed by atoms with van der Waals surface area (Å²) >= 11 is 0. The van der Waals surface area contributed by atoms with Gasteiger partial charge >= 0.3 is 0 Å². The van der Waals surface area contributed by atoms with Gasteiger partial charge < -0.3 is 20.1 Å². The van der Waals surface area contributed by atoms with Crippen molar-refractivity contribution in [3.8, 4) is 5.75 Å². The fourth-order valence-electron chi connectivity index (χ4n) is 2.31. The van der Waals surface area contributed by atoms with Gasteiger partial charge in [0.25, 0.3) is 0 Å². The van der Waals surface area contributed by atoms with E-state index in [9.17, 15) is 8.42 Å². The van der Waals surface area contributed by atoms with Crippen molar-refractivity contribution in [3.63, 3.8) is 0 Å². The third-order valence-corrected chi connectivity index (χ3v) is 5.51. The molecule has 0 fully saturated rings. The van der Waals surface area contributed by atoms with Crippen LogP contribution in [0.2, 0.25) is 0 Å². The van der Waals surface area contributed by atoms with E-state index in [4.69, 9.17) is 9.47 Å². The molecule has 0 aliphatic heterocycles. The van der Waals surface area contributed by atoms with Gasteiger partial charge in [0.1, 0.15) is 5.75 Å². The SMILES string of the molecule is CCS(=O)(=O)CCNC(=NCCCOCC(C)C)Nc1ccc(OC(C)C)cc1. The third-order valence-electron chi connectivity index (χ3n) is 3.80. The lowest BCUT2D eigenvalue weighted by Gasteiger charge is -2.14. The Morgan fingerprint density at radius 2 is 1.83 bits per heavy atom. The molecule has 0 saturated heterocycles. The number of nitrogens with one attached hydrogen (secondary N) is 2. The van der Waals surface area contributed by atoms with Gasteiger partial charge in [0.05, 0.1) is 11.9 Å². The molecule has 2 N–H and O–H groups in total. The standard InChI is InChI=1S/C21H37N3O4S/c1-6-29(25,26)15-13-23-21(22-12-7-14-27-16-17(2)3)24-19-8-10-20(11-9-19)28-18(4)5/h8-11,17-18H,6-7,12-16H2,1-5H3,(H2,22,23,24). The summed E-state index contributed by atoms with van der Waals surface area (Å²) in [5.41, 5.74) is 0.849. The van der Waals surface area contributed by atoms with Crippen molar-refractivity contribution >= 4 is 21.5 Å². The number of hydrogen-bond donors (Lipinski definition) is 2. The van der Waals surface area contributed by atoms with Crippen LogP contribution in [0.5, 0.6) is 5.75 Å². The van der Waals surface area contributed by atoms with Gasteiger partial charge in [-0.15, -0.1) is 0 Å². The number of sulfone groups is 1. The van der Waals surface area contributed by atoms with Crippen LogP contribution in [0.3, 0.4) is 0 Å². The van der Waals surface area contributed by atoms with Gasteiger partial charge in [0.15, 0.2) is 15.8 Å². The Morgan fingerprint density at radius 1 is 1.14 bits per heavy atom. The lowest BCUT2D eigenvalue weighted by atomic mass is 10.2. The van der Waals surface area contributed by atoms with Gasteiger partial charge in [-0.05, 0) is 50.5 Å². The minimum atomic E-state index is -3.03. The van der Waals surface area contributed by atoms with Gasteiger partial charge in [-0.25, -0.2) is 8.42 Å². The Hall–Kier alpha value is -1.80. The zero-order chi connectivity index (χ0) is 21.7. The van der Waals surface area contributed by atoms with Crippen LogP contribution in [0.1, 0.15) is 41.0 Å². The topological polar surface area (TPSA) is 89.0 Å². The van der Waals surface area contributed by atoms with Crippen molar-refractivity contribution in [2.45, 2.75) is 47.1 Å². The van der Waals surface area contributed by atoms with Crippen LogP contribution in [0.15, 0.2) is 29.3 Å². The fourth-order valence-corrected chi connectivity index (χ4v) is 3.01. The molecular weight excluding hydrogens is 390 g/mol. The molecule has 0 bridgehead atoms. The molecule has 0 heterocycles. The maximum absolute atomic E-state index is 11.7. The second kappa shape index (κ2) is 13.4. The summed E-state index contributed by atoms with van der Waals surface area (Å²) in [5, 5.41) is 6.32. The first kappa shape index (κ1) is 25.2. The molecule has 8 heteroatoms. The Kier molecular flexibility index (Phi) is 11.7. The number of guanidine groups is 1. The van der Waals surface area contributed by atoms with E-state index in [1.807, 2.05) is 38.1 Å². The number of ether oxygens (including phenoxy) is 2. The number of hydrogen-bond acceptors (Lipinski definition) is 5. The van der Waals surface area contributed by atoms with E-state index in [1.165, 1.54) is 0 Å². The monoisotopic (exact) mass is 427 g/mol. The largest absolute Gasteiger partial charge is 0.491 e. The lowest BCUT2D eigenvalue weighted by molar-refractivity contribution is 0.109. The van der Waals surface area contributed by atoms with E-state index in [-0.39, 0.29) is 17.6 Å². The van der Waals surface area contributed by atoms with Crippen LogP contribution in [0, 0.1) is 5.92 Å². The molecule has 0 aliphatic rings. The number of rotatable bonds is 13. The van der Waals surface area contributed by atoms with Gasteiger partial charge in [-0.3, -0.25) is 4.99 Å². The van der Waals surface area contributed by atoms with Gasteiger partial charge in [-0.1, -0.05) is 20.8 Å². The predicted octanol–water partition coefficient (Wildman–Crippen LogP) is 3.33. The molecule has 29 heavy (non-hydrogen) atoms. The smallest absolute Gasteiger partial charge is 0.195 e. The van der Waals surface area contributed by atoms with Crippen molar-refractivity contribution in [1.29, 1.82) is 0 Å². The molecule has 0 aromatic heterocycles. The van der Waals surface area contributed by atoms with Crippen molar-refractivity contribution < 1.29 is 17.9 Å². The zero-order valence-corrected chi connectivity index (χ0v) is 19.2. The third kappa shape index (κ3) is 12.4. The maximum atomic E-state index is 11.7. The van der Waals surface area contributed by atoms with Crippen molar-refractivity contribution in [3.05, 3.63) is 24.3 Å². The first-order chi connectivity index (χ1) is 13.7. The van der Waals surface area contributed by atoms with Crippen LogP contribution >= 0.6 is 0 Å². The highest BCUT2D eigenvalue weighted by Gasteiger charge is 2.08. The van der Waals surface area contributed by atoms with Gasteiger partial charge in [-0.2, -0.15) is 0 Å². The molecular formula is C21H37N3O4S. The molecule has 1 rings (SSSR count). The summed E-state index contributed by atoms with van der Waals surface area (Å²) in [7, 11) is -3.03. The summed E-state index contributed by atoms with van der Waals surface area (Å²) in [4.78, 5) is 4.54. The van der Waals surface area contributed by atoms with E-state index in [0.717, 1.165) is 24.5 Å². The maximum Gasteiger partial charge on any atom is 0.195 e. The fraction of sp³-hybridized carbons (Fsp3) is 0.667. The predicted molar refractivity (Wildman–Crippen MR) is 121 cm³/mol. The van der Waals surface area contributed by atoms with Crippen molar-refractivity contribution in [1.82, 2.24) is 5.32 Å². The lowest BCUT2D eigenvalue weighted by Crippen LogP contribution is -2.35. The van der Waals surface area contributed by atoms with Crippen molar-refractivity contribution in [2.24, 2.45) is 10.9 Å². The molecule has 7 nitrogen and oxygen atoms in total. The molecule has 1 aromatic carbocycles. The normalized spacial score (nSPS) is 12.4. The minimum Gasteiger partial charge on any atom is -0.491 e. The molecule has 0 radical (unpaired) electrons. The molecule has 0 unspecified atom stereocenters. The molecule has 0 saturated carbocycles. The second-order valence-electron chi connectivity index (χ2n) is 7.53. The highest BCUT2D eigenvalue weighted by Crippen LogP contribution is 2.16. The van der Waals surface area contributed by atoms with E-state index >= 15 is 0 Å². The highest BCUT2D eigenvalue weighted by atomic mass is 32.2. The molecule has 0 spiro atoms. The summed E-state index contributed by atoms with van der Waals surface area (Å²) < 4.78 is 34.7. The Balaban J connectivity index is 2.64. The first-order valence-electron chi connectivity index (χ1n) is 10.3. The molecule has 166 valence electrons. The van der Waals surface area contributed by atoms with Crippen LogP contribution in [-0.4, -0.2) is 58.3 Å². The molecule has 0 amide bonds. The van der Waals surface area contributed by atoms with E-state index in [0.29, 0.717) is 31.6 Å². The minimum absolute atomic E-state index is 0.0723. The summed E-state index contributed by atoms with van der Waals surface area (Å²) in [6.07, 6.45) is 0.916. The number of nitrogens with zero attached hydrogens (tertiary/aromatic N) is 1. The average molecular weight is 428 g/mol. The molecule has 0 atom stereocenters. The Bertz CT molecular complexity index is 701. The summed E-state index contributed by atoms with van der Waals surface area (Å²) in [6.45, 7) is 12.1. The van der Waals surface area contributed by atoms with Crippen LogP contribution in [0.25, 0.3) is 0 Å². The van der Waals surface area contributed by atoms with Gasteiger partial charge in [0, 0.05) is 37.7 Å². The van der Waals surface area contributed by atoms with Crippen molar-refractivity contribution in [2.75, 3.05) is 43.1 Å². The highest BCUT2D eigenvalue weighted by molar-refractivity contribution is 7.91. The van der Waals surface area contributed by atoms with Crippen LogP contribution < -0.4 is 15.4 Å². The first-order valence-corrected chi connectivity index (χ1v) is 12.1. The number of aliphatic imine (C=N–C) groups is 1. The zero-order valence-electron chi connectivity index (χ0n) is 18.4. The summed E-state index contributed by atoms with van der Waals surface area (Å²) in [6, 6.07) is 7.59. The molecule has 0 aliphatic carbocycles. The Morgan fingerprint density at radius 3 is 2.41 bits per heavy atom. The quantitative estimate of drug-likeness (QED) is 0.285. The van der Waals surface area contributed by atoms with E-state index in [2.05, 4.69) is 29.5 Å². The van der Waals surface area contributed by atoms with Crippen LogP contribution in [-0.2, 0) is 14.6 Å². The Labute approximate surface area is 176 Å².